The third kappa shape index (κ3) is 3.59. The predicted octanol–water partition coefficient (Wildman–Crippen LogP) is 3.36. The van der Waals surface area contributed by atoms with Gasteiger partial charge in [-0.2, -0.15) is 0 Å². The van der Waals surface area contributed by atoms with Crippen LogP contribution in [0.25, 0.3) is 11.5 Å². The molecule has 1 aliphatic heterocycles. The number of ether oxygens (including phenoxy) is 1. The Labute approximate surface area is 139 Å². The van der Waals surface area contributed by atoms with Gasteiger partial charge in [0.2, 0.25) is 11.8 Å². The van der Waals surface area contributed by atoms with E-state index in [1.807, 2.05) is 24.3 Å². The molecule has 1 aromatic heterocycles. The molecule has 1 aliphatic rings. The van der Waals surface area contributed by atoms with Crippen molar-refractivity contribution < 1.29 is 9.15 Å². The second kappa shape index (κ2) is 7.11. The topological polar surface area (TPSA) is 51.4 Å². The summed E-state index contributed by atoms with van der Waals surface area (Å²) in [5, 5.41) is 8.18. The largest absolute Gasteiger partial charge is 0.497 e. The van der Waals surface area contributed by atoms with E-state index in [0.29, 0.717) is 17.5 Å². The predicted molar refractivity (Wildman–Crippen MR) is 91.0 cm³/mol. The van der Waals surface area contributed by atoms with Gasteiger partial charge < -0.3 is 14.1 Å². The summed E-state index contributed by atoms with van der Waals surface area (Å²) in [6.07, 6.45) is 2.45. The minimum Gasteiger partial charge on any atom is -0.497 e. The molecule has 0 aliphatic carbocycles. The monoisotopic (exact) mass is 335 g/mol. The molecule has 1 aromatic carbocycles. The zero-order valence-corrected chi connectivity index (χ0v) is 14.0. The molecule has 2 aromatic rings. The minimum absolute atomic E-state index is 0.519. The highest BCUT2D eigenvalue weighted by atomic mass is 32.2. The maximum Gasteiger partial charge on any atom is 0.247 e. The number of benzene rings is 1. The third-order valence-electron chi connectivity index (χ3n) is 3.49. The van der Waals surface area contributed by atoms with Gasteiger partial charge in [0.1, 0.15) is 10.1 Å². The molecule has 0 spiro atoms. The van der Waals surface area contributed by atoms with E-state index in [0.717, 1.165) is 28.7 Å². The Hall–Kier alpha value is -1.60. The van der Waals surface area contributed by atoms with Gasteiger partial charge in [0.15, 0.2) is 0 Å². The van der Waals surface area contributed by atoms with E-state index in [1.165, 1.54) is 12.8 Å². The number of methoxy groups -OCH3 is 1. The molecule has 3 rings (SSSR count). The number of nitrogens with zero attached hydrogens (tertiary/aromatic N) is 3. The smallest absolute Gasteiger partial charge is 0.247 e. The van der Waals surface area contributed by atoms with E-state index in [2.05, 4.69) is 15.1 Å². The lowest BCUT2D eigenvalue weighted by atomic mass is 10.2. The number of likely N-dealkylation sites (tertiary alicyclic amines) is 1. The summed E-state index contributed by atoms with van der Waals surface area (Å²) in [7, 11) is 1.64. The molecule has 0 unspecified atom stereocenters. The van der Waals surface area contributed by atoms with Crippen molar-refractivity contribution in [3.8, 4) is 17.2 Å². The Morgan fingerprint density at radius 2 is 2.00 bits per heavy atom. The first kappa shape index (κ1) is 15.3. The first-order valence-corrected chi connectivity index (χ1v) is 8.54. The van der Waals surface area contributed by atoms with Crippen molar-refractivity contribution >= 4 is 28.3 Å². The molecule has 0 bridgehead atoms. The van der Waals surface area contributed by atoms with E-state index >= 15 is 0 Å². The molecule has 2 heterocycles. The van der Waals surface area contributed by atoms with Gasteiger partial charge in [0.05, 0.1) is 12.9 Å². The van der Waals surface area contributed by atoms with Crippen LogP contribution in [0.15, 0.2) is 28.7 Å². The lowest BCUT2D eigenvalue weighted by Gasteiger charge is -2.16. The van der Waals surface area contributed by atoms with E-state index < -0.39 is 0 Å². The van der Waals surface area contributed by atoms with Crippen molar-refractivity contribution in [3.63, 3.8) is 0 Å². The van der Waals surface area contributed by atoms with E-state index in [1.54, 1.807) is 18.9 Å². The average molecular weight is 335 g/mol. The van der Waals surface area contributed by atoms with Crippen LogP contribution in [0.3, 0.4) is 0 Å². The Bertz CT molecular complexity index is 636. The summed E-state index contributed by atoms with van der Waals surface area (Å²) in [6.45, 7) is 2.12. The van der Waals surface area contributed by atoms with Crippen molar-refractivity contribution in [2.24, 2.45) is 0 Å². The van der Waals surface area contributed by atoms with Gasteiger partial charge in [0.25, 0.3) is 0 Å². The molecule has 22 heavy (non-hydrogen) atoms. The van der Waals surface area contributed by atoms with Crippen LogP contribution in [0.2, 0.25) is 0 Å². The summed E-state index contributed by atoms with van der Waals surface area (Å²) in [6, 6.07) is 7.54. The van der Waals surface area contributed by atoms with Crippen molar-refractivity contribution in [1.29, 1.82) is 0 Å². The van der Waals surface area contributed by atoms with Crippen LogP contribution in [0.5, 0.6) is 5.75 Å². The number of aromatic nitrogens is 2. The highest BCUT2D eigenvalue weighted by molar-refractivity contribution is 8.22. The molecule has 0 N–H and O–H groups in total. The van der Waals surface area contributed by atoms with Gasteiger partial charge in [-0.15, -0.1) is 10.2 Å². The Balaban J connectivity index is 1.59. The van der Waals surface area contributed by atoms with Gasteiger partial charge in [-0.3, -0.25) is 0 Å². The number of thiocarbonyl (C=S) groups is 1. The third-order valence-corrected chi connectivity index (χ3v) is 5.00. The van der Waals surface area contributed by atoms with Crippen LogP contribution in [0.4, 0.5) is 0 Å². The maximum absolute atomic E-state index is 5.69. The minimum atomic E-state index is 0.519. The van der Waals surface area contributed by atoms with Gasteiger partial charge in [-0.1, -0.05) is 24.0 Å². The van der Waals surface area contributed by atoms with Crippen LogP contribution in [-0.2, 0) is 5.75 Å². The molecule has 1 fully saturated rings. The highest BCUT2D eigenvalue weighted by Gasteiger charge is 2.16. The fourth-order valence-electron chi connectivity index (χ4n) is 2.28. The van der Waals surface area contributed by atoms with Crippen LogP contribution >= 0.6 is 24.0 Å². The lowest BCUT2D eigenvalue weighted by Crippen LogP contribution is -2.23. The van der Waals surface area contributed by atoms with E-state index in [4.69, 9.17) is 21.4 Å². The van der Waals surface area contributed by atoms with Crippen LogP contribution < -0.4 is 4.74 Å². The maximum atomic E-state index is 5.69. The summed E-state index contributed by atoms with van der Waals surface area (Å²) >= 11 is 7.01. The molecule has 116 valence electrons. The molecule has 0 amide bonds. The molecule has 7 heteroatoms. The lowest BCUT2D eigenvalue weighted by molar-refractivity contribution is 0.415. The zero-order chi connectivity index (χ0) is 15.4. The first-order chi connectivity index (χ1) is 10.8. The molecule has 5 nitrogen and oxygen atoms in total. The summed E-state index contributed by atoms with van der Waals surface area (Å²) in [4.78, 5) is 2.24. The van der Waals surface area contributed by atoms with Crippen molar-refractivity contribution in [2.45, 2.75) is 18.6 Å². The van der Waals surface area contributed by atoms with Gasteiger partial charge in [0, 0.05) is 18.7 Å². The second-order valence-electron chi connectivity index (χ2n) is 4.98. The van der Waals surface area contributed by atoms with E-state index in [9.17, 15) is 0 Å². The highest BCUT2D eigenvalue weighted by Crippen LogP contribution is 2.24. The van der Waals surface area contributed by atoms with Crippen molar-refractivity contribution in [2.75, 3.05) is 20.2 Å². The van der Waals surface area contributed by atoms with Gasteiger partial charge in [-0.25, -0.2) is 0 Å². The van der Waals surface area contributed by atoms with Crippen molar-refractivity contribution in [1.82, 2.24) is 15.1 Å². The van der Waals surface area contributed by atoms with Gasteiger partial charge >= 0.3 is 0 Å². The molecule has 0 saturated carbocycles. The Morgan fingerprint density at radius 1 is 1.27 bits per heavy atom. The molecular weight excluding hydrogens is 318 g/mol. The number of hydrogen-bond acceptors (Lipinski definition) is 6. The molecular formula is C15H17N3O2S2. The number of rotatable bonds is 4. The number of hydrogen-bond donors (Lipinski definition) is 0. The van der Waals surface area contributed by atoms with Crippen LogP contribution in [0, 0.1) is 0 Å². The SMILES string of the molecule is COc1ccc(-c2nnc(CSC(=S)N3CCCC3)o2)cc1. The Morgan fingerprint density at radius 3 is 2.68 bits per heavy atom. The summed E-state index contributed by atoms with van der Waals surface area (Å²) < 4.78 is 11.7. The molecule has 0 radical (unpaired) electrons. The first-order valence-electron chi connectivity index (χ1n) is 7.15. The van der Waals surface area contributed by atoms with Crippen molar-refractivity contribution in [3.05, 3.63) is 30.2 Å². The van der Waals surface area contributed by atoms with Gasteiger partial charge in [-0.05, 0) is 37.1 Å². The second-order valence-corrected chi connectivity index (χ2v) is 6.59. The molecule has 0 atom stereocenters. The quantitative estimate of drug-likeness (QED) is 0.794. The average Bonchev–Trinajstić information content (AvgIpc) is 3.24. The standard InChI is InChI=1S/C15H17N3O2S2/c1-19-12-6-4-11(5-7-12)14-17-16-13(20-14)10-22-15(21)18-8-2-3-9-18/h4-7H,2-3,8-10H2,1H3. The normalized spacial score (nSPS) is 14.3. The van der Waals surface area contributed by atoms with Crippen LogP contribution in [-0.4, -0.2) is 39.6 Å². The zero-order valence-electron chi connectivity index (χ0n) is 12.3. The summed E-state index contributed by atoms with van der Waals surface area (Å²) in [5.74, 6) is 2.52. The molecule has 1 saturated heterocycles. The Kier molecular flexibility index (Phi) is 4.94. The van der Waals surface area contributed by atoms with E-state index in [-0.39, 0.29) is 0 Å². The fourth-order valence-corrected chi connectivity index (χ4v) is 3.36. The van der Waals surface area contributed by atoms with Crippen LogP contribution in [0.1, 0.15) is 18.7 Å². The fraction of sp³-hybridized carbons (Fsp3) is 0.400. The number of thioether (sulfide) groups is 1. The summed E-state index contributed by atoms with van der Waals surface area (Å²) in [5.41, 5.74) is 0.881.